The van der Waals surface area contributed by atoms with E-state index in [0.717, 1.165) is 26.3 Å². The number of phenols is 1. The second kappa shape index (κ2) is 8.83. The summed E-state index contributed by atoms with van der Waals surface area (Å²) >= 11 is 0. The lowest BCUT2D eigenvalue weighted by Crippen LogP contribution is -3.15. The fourth-order valence-corrected chi connectivity index (χ4v) is 3.51. The van der Waals surface area contributed by atoms with Gasteiger partial charge in [-0.2, -0.15) is 0 Å². The number of rotatable bonds is 6. The number of benzene rings is 2. The molecule has 2 aromatic carbocycles. The normalized spacial score (nSPS) is 17.9. The molecule has 138 valence electrons. The topological polar surface area (TPSA) is 55.5 Å². The highest BCUT2D eigenvalue weighted by Crippen LogP contribution is 2.22. The molecule has 0 unspecified atom stereocenters. The van der Waals surface area contributed by atoms with Crippen molar-refractivity contribution in [2.45, 2.75) is 19.0 Å². The van der Waals surface area contributed by atoms with Gasteiger partial charge in [0.25, 0.3) is 0 Å². The van der Waals surface area contributed by atoms with Crippen LogP contribution >= 0.6 is 0 Å². The first-order valence-electron chi connectivity index (χ1n) is 9.06. The lowest BCUT2D eigenvalue weighted by atomic mass is 9.98. The van der Waals surface area contributed by atoms with Crippen LogP contribution in [0.15, 0.2) is 53.5 Å². The molecule has 1 fully saturated rings. The number of quaternary nitrogens is 1. The molecular weight excluding hydrogens is 328 g/mol. The van der Waals surface area contributed by atoms with Gasteiger partial charge in [0.15, 0.2) is 0 Å². The zero-order chi connectivity index (χ0) is 18.4. The maximum absolute atomic E-state index is 10.1. The first-order valence-corrected chi connectivity index (χ1v) is 9.06. The van der Waals surface area contributed by atoms with Crippen molar-refractivity contribution in [1.29, 1.82) is 0 Å². The summed E-state index contributed by atoms with van der Waals surface area (Å²) in [5.74, 6) is 0.909. The van der Waals surface area contributed by atoms with Crippen molar-refractivity contribution in [3.05, 3.63) is 59.7 Å². The Hall–Kier alpha value is -2.37. The monoisotopic (exact) mass is 355 g/mol. The number of phenolic OH excluding ortho intramolecular Hbond substituents is 1. The van der Waals surface area contributed by atoms with Crippen molar-refractivity contribution in [3.8, 4) is 11.5 Å². The molecule has 0 bridgehead atoms. The van der Waals surface area contributed by atoms with E-state index in [1.165, 1.54) is 10.5 Å². The average Bonchev–Trinajstić information content (AvgIpc) is 2.69. The van der Waals surface area contributed by atoms with Crippen LogP contribution in [-0.4, -0.2) is 50.8 Å². The molecule has 0 amide bonds. The van der Waals surface area contributed by atoms with Crippen molar-refractivity contribution in [2.75, 3.05) is 33.4 Å². The summed E-state index contributed by atoms with van der Waals surface area (Å²) in [4.78, 5) is 6.27. The molecule has 26 heavy (non-hydrogen) atoms. The van der Waals surface area contributed by atoms with Gasteiger partial charge in [0.2, 0.25) is 0 Å². The number of methoxy groups -OCH3 is 1. The van der Waals surface area contributed by atoms with E-state index in [9.17, 15) is 5.11 Å². The first kappa shape index (κ1) is 18.4. The molecule has 1 saturated heterocycles. The minimum absolute atomic E-state index is 0.0658. The second-order valence-corrected chi connectivity index (χ2v) is 6.60. The van der Waals surface area contributed by atoms with Gasteiger partial charge in [-0.3, -0.25) is 4.99 Å². The van der Waals surface area contributed by atoms with E-state index < -0.39 is 0 Å². The quantitative estimate of drug-likeness (QED) is 0.778. The maximum atomic E-state index is 10.1. The van der Waals surface area contributed by atoms with Gasteiger partial charge in [-0.05, 0) is 25.1 Å². The van der Waals surface area contributed by atoms with Crippen molar-refractivity contribution in [1.82, 2.24) is 0 Å². The second-order valence-electron chi connectivity index (χ2n) is 6.60. The third-order valence-corrected chi connectivity index (χ3v) is 4.90. The van der Waals surface area contributed by atoms with E-state index in [-0.39, 0.29) is 17.8 Å². The van der Waals surface area contributed by atoms with Gasteiger partial charge in [0.1, 0.15) is 36.7 Å². The fraction of sp³-hybridized carbons (Fsp3) is 0.381. The molecule has 2 aromatic rings. The Morgan fingerprint density at radius 3 is 2.58 bits per heavy atom. The van der Waals surface area contributed by atoms with Gasteiger partial charge < -0.3 is 19.5 Å². The molecule has 1 heterocycles. The third-order valence-electron chi connectivity index (χ3n) is 4.90. The zero-order valence-corrected chi connectivity index (χ0v) is 15.4. The predicted octanol–water partition coefficient (Wildman–Crippen LogP) is 1.86. The number of morpholine rings is 1. The van der Waals surface area contributed by atoms with Crippen LogP contribution in [0.4, 0.5) is 0 Å². The molecule has 2 N–H and O–H groups in total. The third kappa shape index (κ3) is 4.42. The lowest BCUT2D eigenvalue weighted by molar-refractivity contribution is -0.940. The molecule has 1 aliphatic heterocycles. The molecule has 0 aliphatic carbocycles. The van der Waals surface area contributed by atoms with Crippen LogP contribution < -0.4 is 9.64 Å². The number of aromatic hydroxyl groups is 1. The molecule has 0 aromatic heterocycles. The Morgan fingerprint density at radius 2 is 1.88 bits per heavy atom. The number of hydrogen-bond acceptors (Lipinski definition) is 4. The van der Waals surface area contributed by atoms with Crippen molar-refractivity contribution in [2.24, 2.45) is 4.99 Å². The Labute approximate surface area is 154 Å². The minimum Gasteiger partial charge on any atom is -0.507 e. The number of aliphatic imine (C=N–C) groups is 1. The summed E-state index contributed by atoms with van der Waals surface area (Å²) in [6.07, 6.45) is 1.75. The number of hydrogen-bond donors (Lipinski definition) is 2. The zero-order valence-electron chi connectivity index (χ0n) is 15.4. The number of nitrogens with zero attached hydrogens (tertiary/aromatic N) is 1. The summed E-state index contributed by atoms with van der Waals surface area (Å²) in [5.41, 5.74) is 1.95. The van der Waals surface area contributed by atoms with E-state index in [1.54, 1.807) is 31.5 Å². The highest BCUT2D eigenvalue weighted by atomic mass is 16.5. The summed E-state index contributed by atoms with van der Waals surface area (Å²) in [7, 11) is 1.61. The van der Waals surface area contributed by atoms with Crippen LogP contribution in [0, 0.1) is 0 Å². The van der Waals surface area contributed by atoms with Crippen LogP contribution in [0.25, 0.3) is 0 Å². The molecule has 5 heteroatoms. The Morgan fingerprint density at radius 1 is 1.15 bits per heavy atom. The van der Waals surface area contributed by atoms with E-state index >= 15 is 0 Å². The van der Waals surface area contributed by atoms with Crippen LogP contribution in [0.1, 0.15) is 24.1 Å². The molecule has 0 spiro atoms. The van der Waals surface area contributed by atoms with E-state index in [2.05, 4.69) is 31.2 Å². The summed E-state index contributed by atoms with van der Waals surface area (Å²) < 4.78 is 10.8. The van der Waals surface area contributed by atoms with Crippen LogP contribution in [0.5, 0.6) is 11.5 Å². The summed E-state index contributed by atoms with van der Waals surface area (Å²) in [6, 6.07) is 16.0. The summed E-state index contributed by atoms with van der Waals surface area (Å²) in [5, 5.41) is 10.1. The van der Waals surface area contributed by atoms with Gasteiger partial charge in [-0.25, -0.2) is 0 Å². The van der Waals surface area contributed by atoms with Crippen molar-refractivity contribution < 1.29 is 19.5 Å². The first-order chi connectivity index (χ1) is 12.7. The molecular formula is C21H27N2O3+. The van der Waals surface area contributed by atoms with E-state index in [0.29, 0.717) is 11.3 Å². The van der Waals surface area contributed by atoms with Crippen molar-refractivity contribution >= 4 is 6.21 Å². The molecule has 5 nitrogen and oxygen atoms in total. The predicted molar refractivity (Wildman–Crippen MR) is 102 cm³/mol. The van der Waals surface area contributed by atoms with Crippen molar-refractivity contribution in [3.63, 3.8) is 0 Å². The van der Waals surface area contributed by atoms with E-state index in [1.807, 2.05) is 6.07 Å². The molecule has 2 atom stereocenters. The average molecular weight is 355 g/mol. The Bertz CT molecular complexity index is 727. The molecule has 0 radical (unpaired) electrons. The lowest BCUT2D eigenvalue weighted by Gasteiger charge is -2.33. The summed E-state index contributed by atoms with van der Waals surface area (Å²) in [6.45, 7) is 5.65. The van der Waals surface area contributed by atoms with Crippen LogP contribution in [0.3, 0.4) is 0 Å². The number of ether oxygens (including phenoxy) is 2. The van der Waals surface area contributed by atoms with Crippen LogP contribution in [-0.2, 0) is 4.74 Å². The SMILES string of the molecule is COc1ccc(O)c(C=N[C@H](C)[C@@H](c2ccccc2)[NH+]2CCOCC2)c1. The Balaban J connectivity index is 1.84. The maximum Gasteiger partial charge on any atom is 0.136 e. The van der Waals surface area contributed by atoms with Gasteiger partial charge in [-0.15, -0.1) is 0 Å². The van der Waals surface area contributed by atoms with Gasteiger partial charge in [0.05, 0.1) is 20.3 Å². The molecule has 3 rings (SSSR count). The van der Waals surface area contributed by atoms with Crippen LogP contribution in [0.2, 0.25) is 0 Å². The fourth-order valence-electron chi connectivity index (χ4n) is 3.51. The highest BCUT2D eigenvalue weighted by molar-refractivity contribution is 5.84. The number of nitrogens with one attached hydrogen (secondary N) is 1. The Kier molecular flexibility index (Phi) is 6.26. The van der Waals surface area contributed by atoms with Gasteiger partial charge in [-0.1, -0.05) is 30.3 Å². The van der Waals surface area contributed by atoms with E-state index in [4.69, 9.17) is 14.5 Å². The smallest absolute Gasteiger partial charge is 0.136 e. The standard InChI is InChI=1S/C21H26N2O3/c1-16(22-15-18-14-19(25-2)8-9-20(18)24)21(17-6-4-3-5-7-17)23-10-12-26-13-11-23/h3-9,14-16,21,24H,10-13H2,1-2H3/p+1/t16-,21+/m1/s1. The van der Waals surface area contributed by atoms with Gasteiger partial charge in [0, 0.05) is 17.3 Å². The molecule has 1 aliphatic rings. The largest absolute Gasteiger partial charge is 0.507 e. The minimum atomic E-state index is 0.0658. The molecule has 0 saturated carbocycles. The highest BCUT2D eigenvalue weighted by Gasteiger charge is 2.30. The van der Waals surface area contributed by atoms with Gasteiger partial charge >= 0.3 is 0 Å².